The maximum Gasteiger partial charge on any atom is 0.258 e. The summed E-state index contributed by atoms with van der Waals surface area (Å²) in [6.45, 7) is 2.35. The Morgan fingerprint density at radius 2 is 1.96 bits per heavy atom. The Labute approximate surface area is 165 Å². The fourth-order valence-electron chi connectivity index (χ4n) is 2.66. The minimum absolute atomic E-state index is 0. The van der Waals surface area contributed by atoms with Gasteiger partial charge in [0.1, 0.15) is 5.75 Å². The topological polar surface area (TPSA) is 50.4 Å². The molecule has 138 valence electrons. The Bertz CT molecular complexity index is 764. The molecule has 0 aliphatic carbocycles. The molecule has 4 nitrogen and oxygen atoms in total. The SMILES string of the molecule is Cl.O=C(COc1ccc(-c2ccccc2)cc1Cl)NCC1=CCNCC1. The summed E-state index contributed by atoms with van der Waals surface area (Å²) in [5.74, 6) is 0.361. The van der Waals surface area contributed by atoms with Crippen LogP contribution >= 0.6 is 24.0 Å². The highest BCUT2D eigenvalue weighted by molar-refractivity contribution is 6.32. The smallest absolute Gasteiger partial charge is 0.258 e. The number of benzene rings is 2. The average molecular weight is 393 g/mol. The molecule has 2 aromatic carbocycles. The van der Waals surface area contributed by atoms with E-state index in [0.717, 1.165) is 30.6 Å². The second-order valence-corrected chi connectivity index (χ2v) is 6.30. The third-order valence-corrected chi connectivity index (χ3v) is 4.36. The van der Waals surface area contributed by atoms with Gasteiger partial charge < -0.3 is 15.4 Å². The lowest BCUT2D eigenvalue weighted by atomic mass is 10.1. The minimum Gasteiger partial charge on any atom is -0.482 e. The molecule has 6 heteroatoms. The molecule has 0 radical (unpaired) electrons. The van der Waals surface area contributed by atoms with E-state index in [9.17, 15) is 4.79 Å². The predicted molar refractivity (Wildman–Crippen MR) is 108 cm³/mol. The Morgan fingerprint density at radius 1 is 1.15 bits per heavy atom. The highest BCUT2D eigenvalue weighted by atomic mass is 35.5. The summed E-state index contributed by atoms with van der Waals surface area (Å²) in [5, 5.41) is 6.61. The van der Waals surface area contributed by atoms with Crippen LogP contribution in [0.5, 0.6) is 5.75 Å². The molecule has 2 N–H and O–H groups in total. The van der Waals surface area contributed by atoms with Crippen molar-refractivity contribution in [3.63, 3.8) is 0 Å². The summed E-state index contributed by atoms with van der Waals surface area (Å²) in [4.78, 5) is 11.9. The zero-order valence-electron chi connectivity index (χ0n) is 14.3. The number of hydrogen-bond donors (Lipinski definition) is 2. The lowest BCUT2D eigenvalue weighted by molar-refractivity contribution is -0.122. The van der Waals surface area contributed by atoms with E-state index in [4.69, 9.17) is 16.3 Å². The molecule has 0 saturated heterocycles. The molecule has 0 atom stereocenters. The number of carbonyl (C=O) groups is 1. The van der Waals surface area contributed by atoms with Crippen molar-refractivity contribution in [3.05, 3.63) is 65.2 Å². The van der Waals surface area contributed by atoms with E-state index < -0.39 is 0 Å². The van der Waals surface area contributed by atoms with Crippen molar-refractivity contribution in [2.24, 2.45) is 0 Å². The van der Waals surface area contributed by atoms with Crippen molar-refractivity contribution in [1.29, 1.82) is 0 Å². The van der Waals surface area contributed by atoms with Crippen molar-refractivity contribution in [3.8, 4) is 16.9 Å². The molecule has 1 aliphatic heterocycles. The molecule has 2 aromatic rings. The Morgan fingerprint density at radius 3 is 2.65 bits per heavy atom. The normalized spacial score (nSPS) is 13.3. The molecule has 3 rings (SSSR count). The summed E-state index contributed by atoms with van der Waals surface area (Å²) in [6, 6.07) is 15.6. The second-order valence-electron chi connectivity index (χ2n) is 5.89. The summed E-state index contributed by atoms with van der Waals surface area (Å²) in [5.41, 5.74) is 3.35. The molecule has 1 aliphatic rings. The summed E-state index contributed by atoms with van der Waals surface area (Å²) >= 11 is 6.29. The van der Waals surface area contributed by atoms with Gasteiger partial charge in [0.05, 0.1) is 5.02 Å². The first-order chi connectivity index (χ1) is 12.2. The largest absolute Gasteiger partial charge is 0.482 e. The quantitative estimate of drug-likeness (QED) is 0.734. The number of halogens is 2. The number of hydrogen-bond acceptors (Lipinski definition) is 3. The summed E-state index contributed by atoms with van der Waals surface area (Å²) in [7, 11) is 0. The average Bonchev–Trinajstić information content (AvgIpc) is 2.67. The van der Waals surface area contributed by atoms with Crippen LogP contribution in [0, 0.1) is 0 Å². The molecule has 0 spiro atoms. The first-order valence-corrected chi connectivity index (χ1v) is 8.73. The Kier molecular flexibility index (Phi) is 7.98. The van der Waals surface area contributed by atoms with Gasteiger partial charge in [-0.3, -0.25) is 4.79 Å². The van der Waals surface area contributed by atoms with Gasteiger partial charge >= 0.3 is 0 Å². The van der Waals surface area contributed by atoms with Gasteiger partial charge in [0, 0.05) is 13.1 Å². The fraction of sp³-hybridized carbons (Fsp3) is 0.250. The highest BCUT2D eigenvalue weighted by Gasteiger charge is 2.09. The molecule has 1 amide bonds. The van der Waals surface area contributed by atoms with E-state index in [1.54, 1.807) is 6.07 Å². The van der Waals surface area contributed by atoms with Crippen molar-refractivity contribution in [2.45, 2.75) is 6.42 Å². The molecule has 26 heavy (non-hydrogen) atoms. The van der Waals surface area contributed by atoms with Gasteiger partial charge in [0.25, 0.3) is 5.91 Å². The zero-order chi connectivity index (χ0) is 17.5. The Hall–Kier alpha value is -2.01. The number of amides is 1. The van der Waals surface area contributed by atoms with Gasteiger partial charge in [0.2, 0.25) is 0 Å². The van der Waals surface area contributed by atoms with Crippen LogP contribution in [0.15, 0.2) is 60.2 Å². The molecule has 1 heterocycles. The minimum atomic E-state index is -0.150. The van der Waals surface area contributed by atoms with E-state index in [0.29, 0.717) is 17.3 Å². The van der Waals surface area contributed by atoms with E-state index >= 15 is 0 Å². The maximum atomic E-state index is 11.9. The van der Waals surface area contributed by atoms with E-state index in [1.807, 2.05) is 42.5 Å². The lowest BCUT2D eigenvalue weighted by Crippen LogP contribution is -2.32. The van der Waals surface area contributed by atoms with Crippen LogP contribution in [0.25, 0.3) is 11.1 Å². The van der Waals surface area contributed by atoms with Gasteiger partial charge in [-0.05, 0) is 36.2 Å². The van der Waals surface area contributed by atoms with Gasteiger partial charge in [-0.1, -0.05) is 59.6 Å². The molecule has 0 saturated carbocycles. The van der Waals surface area contributed by atoms with E-state index in [2.05, 4.69) is 16.7 Å². The highest BCUT2D eigenvalue weighted by Crippen LogP contribution is 2.30. The third-order valence-electron chi connectivity index (χ3n) is 4.07. The number of ether oxygens (including phenoxy) is 1. The van der Waals surface area contributed by atoms with E-state index in [-0.39, 0.29) is 24.9 Å². The molecule has 0 fully saturated rings. The Balaban J connectivity index is 0.00000243. The fourth-order valence-corrected chi connectivity index (χ4v) is 2.90. The molecule has 0 aromatic heterocycles. The number of carbonyl (C=O) groups excluding carboxylic acids is 1. The van der Waals surface area contributed by atoms with Crippen LogP contribution < -0.4 is 15.4 Å². The van der Waals surface area contributed by atoms with Gasteiger partial charge in [-0.15, -0.1) is 12.4 Å². The van der Waals surface area contributed by atoms with Gasteiger partial charge in [0.15, 0.2) is 6.61 Å². The van der Waals surface area contributed by atoms with Crippen molar-refractivity contribution in [1.82, 2.24) is 10.6 Å². The number of rotatable bonds is 6. The third kappa shape index (κ3) is 5.77. The van der Waals surface area contributed by atoms with Crippen molar-refractivity contribution < 1.29 is 9.53 Å². The van der Waals surface area contributed by atoms with Crippen LogP contribution in [-0.4, -0.2) is 32.1 Å². The molecule has 0 unspecified atom stereocenters. The van der Waals surface area contributed by atoms with Crippen LogP contribution in [0.2, 0.25) is 5.02 Å². The summed E-state index contributed by atoms with van der Waals surface area (Å²) < 4.78 is 5.55. The monoisotopic (exact) mass is 392 g/mol. The second kappa shape index (κ2) is 10.2. The summed E-state index contributed by atoms with van der Waals surface area (Å²) in [6.07, 6.45) is 3.08. The van der Waals surface area contributed by atoms with Crippen LogP contribution in [0.4, 0.5) is 0 Å². The standard InChI is InChI=1S/C20H21ClN2O2.ClH/c21-18-12-17(16-4-2-1-3-5-16)6-7-19(18)25-14-20(24)23-13-15-8-10-22-11-9-15;/h1-8,12,22H,9-11,13-14H2,(H,23,24);1H. The molecular formula is C20H22Cl2N2O2. The van der Waals surface area contributed by atoms with Crippen LogP contribution in [0.3, 0.4) is 0 Å². The van der Waals surface area contributed by atoms with Crippen LogP contribution in [-0.2, 0) is 4.79 Å². The van der Waals surface area contributed by atoms with Crippen LogP contribution in [0.1, 0.15) is 6.42 Å². The van der Waals surface area contributed by atoms with Gasteiger partial charge in [-0.2, -0.15) is 0 Å². The van der Waals surface area contributed by atoms with Crippen molar-refractivity contribution >= 4 is 29.9 Å². The van der Waals surface area contributed by atoms with Crippen molar-refractivity contribution in [2.75, 3.05) is 26.2 Å². The first kappa shape index (κ1) is 20.3. The lowest BCUT2D eigenvalue weighted by Gasteiger charge is -2.15. The van der Waals surface area contributed by atoms with E-state index in [1.165, 1.54) is 5.57 Å². The van der Waals surface area contributed by atoms with Gasteiger partial charge in [-0.25, -0.2) is 0 Å². The maximum absolute atomic E-state index is 11.9. The first-order valence-electron chi connectivity index (χ1n) is 8.35. The zero-order valence-corrected chi connectivity index (χ0v) is 15.9. The molecular weight excluding hydrogens is 371 g/mol. The predicted octanol–water partition coefficient (Wildman–Crippen LogP) is 3.84. The molecule has 0 bridgehead atoms. The number of nitrogens with one attached hydrogen (secondary N) is 2.